The maximum absolute atomic E-state index is 11.8. The van der Waals surface area contributed by atoms with E-state index in [1.54, 1.807) is 10.6 Å². The van der Waals surface area contributed by atoms with Crippen LogP contribution in [0.2, 0.25) is 0 Å². The van der Waals surface area contributed by atoms with Gasteiger partial charge in [-0.15, -0.1) is 0 Å². The Hall–Kier alpha value is -1.87. The predicted molar refractivity (Wildman–Crippen MR) is 74.7 cm³/mol. The van der Waals surface area contributed by atoms with E-state index in [9.17, 15) is 4.79 Å². The number of likely N-dealkylation sites (N-methyl/N-ethyl adjacent to an activating group) is 1. The second-order valence-corrected chi connectivity index (χ2v) is 4.62. The van der Waals surface area contributed by atoms with Crippen molar-refractivity contribution >= 4 is 0 Å². The Bertz CT molecular complexity index is 558. The highest BCUT2D eigenvalue weighted by atomic mass is 16.1. The van der Waals surface area contributed by atoms with Crippen molar-refractivity contribution in [3.8, 4) is 11.1 Å². The molecule has 0 radical (unpaired) electrons. The molecular weight excluding hydrogens is 224 g/mol. The van der Waals surface area contributed by atoms with Gasteiger partial charge in [-0.25, -0.2) is 0 Å². The van der Waals surface area contributed by atoms with Gasteiger partial charge in [-0.1, -0.05) is 30.3 Å². The molecular formula is C15H18N2O. The normalized spacial score (nSPS) is 10.8. The highest BCUT2D eigenvalue weighted by Gasteiger charge is 2.01. The minimum atomic E-state index is 0.0523. The Labute approximate surface area is 107 Å². The van der Waals surface area contributed by atoms with E-state index >= 15 is 0 Å². The second kappa shape index (κ2) is 5.65. The molecule has 2 aromatic rings. The fourth-order valence-electron chi connectivity index (χ4n) is 1.82. The SMILES string of the molecule is CN(C)CCn1cc(-c2ccccc2)ccc1=O. The van der Waals surface area contributed by atoms with Gasteiger partial charge in [-0.2, -0.15) is 0 Å². The van der Waals surface area contributed by atoms with Crippen molar-refractivity contribution in [2.24, 2.45) is 0 Å². The summed E-state index contributed by atoms with van der Waals surface area (Å²) in [4.78, 5) is 13.8. The Kier molecular flexibility index (Phi) is 3.95. The van der Waals surface area contributed by atoms with E-state index in [0.717, 1.165) is 17.7 Å². The van der Waals surface area contributed by atoms with Gasteiger partial charge in [0.05, 0.1) is 0 Å². The molecule has 0 fully saturated rings. The zero-order valence-electron chi connectivity index (χ0n) is 10.8. The lowest BCUT2D eigenvalue weighted by Gasteiger charge is -2.12. The van der Waals surface area contributed by atoms with Crippen LogP contribution in [0.5, 0.6) is 0 Å². The zero-order chi connectivity index (χ0) is 13.0. The Balaban J connectivity index is 2.29. The van der Waals surface area contributed by atoms with Gasteiger partial charge in [0.1, 0.15) is 0 Å². The lowest BCUT2D eigenvalue weighted by atomic mass is 10.1. The number of nitrogens with zero attached hydrogens (tertiary/aromatic N) is 2. The quantitative estimate of drug-likeness (QED) is 0.820. The van der Waals surface area contributed by atoms with Crippen LogP contribution in [-0.2, 0) is 6.54 Å². The van der Waals surface area contributed by atoms with E-state index in [1.807, 2.05) is 44.6 Å². The Morgan fingerprint density at radius 1 is 1.00 bits per heavy atom. The largest absolute Gasteiger partial charge is 0.314 e. The number of pyridine rings is 1. The van der Waals surface area contributed by atoms with Crippen LogP contribution in [0.1, 0.15) is 0 Å². The van der Waals surface area contributed by atoms with Crippen LogP contribution in [0.3, 0.4) is 0 Å². The van der Waals surface area contributed by atoms with Crippen LogP contribution in [0.4, 0.5) is 0 Å². The van der Waals surface area contributed by atoms with Gasteiger partial charge in [-0.3, -0.25) is 4.79 Å². The fourth-order valence-corrected chi connectivity index (χ4v) is 1.82. The van der Waals surface area contributed by atoms with Crippen molar-refractivity contribution in [3.63, 3.8) is 0 Å². The van der Waals surface area contributed by atoms with Crippen molar-refractivity contribution in [2.75, 3.05) is 20.6 Å². The number of hydrogen-bond donors (Lipinski definition) is 0. The summed E-state index contributed by atoms with van der Waals surface area (Å²) < 4.78 is 1.77. The highest BCUT2D eigenvalue weighted by molar-refractivity contribution is 5.61. The van der Waals surface area contributed by atoms with Gasteiger partial charge in [0.2, 0.25) is 0 Å². The van der Waals surface area contributed by atoms with E-state index in [1.165, 1.54) is 0 Å². The average molecular weight is 242 g/mol. The summed E-state index contributed by atoms with van der Waals surface area (Å²) in [5, 5.41) is 0. The molecule has 1 aromatic carbocycles. The second-order valence-electron chi connectivity index (χ2n) is 4.62. The zero-order valence-corrected chi connectivity index (χ0v) is 10.8. The van der Waals surface area contributed by atoms with Gasteiger partial charge < -0.3 is 9.47 Å². The summed E-state index contributed by atoms with van der Waals surface area (Å²) in [6, 6.07) is 13.6. The maximum Gasteiger partial charge on any atom is 0.250 e. The van der Waals surface area contributed by atoms with Crippen LogP contribution >= 0.6 is 0 Å². The third-order valence-electron chi connectivity index (χ3n) is 2.88. The van der Waals surface area contributed by atoms with Crippen LogP contribution in [0.25, 0.3) is 11.1 Å². The number of hydrogen-bond acceptors (Lipinski definition) is 2. The molecule has 0 bridgehead atoms. The van der Waals surface area contributed by atoms with Crippen molar-refractivity contribution < 1.29 is 0 Å². The molecule has 3 nitrogen and oxygen atoms in total. The molecule has 3 heteroatoms. The monoisotopic (exact) mass is 242 g/mol. The average Bonchev–Trinajstić information content (AvgIpc) is 2.38. The molecule has 18 heavy (non-hydrogen) atoms. The van der Waals surface area contributed by atoms with Crippen LogP contribution in [0.15, 0.2) is 53.5 Å². The number of aromatic nitrogens is 1. The summed E-state index contributed by atoms with van der Waals surface area (Å²) in [7, 11) is 4.01. The molecule has 0 aliphatic carbocycles. The Morgan fingerprint density at radius 3 is 2.39 bits per heavy atom. The smallest absolute Gasteiger partial charge is 0.250 e. The molecule has 0 atom stereocenters. The molecule has 0 unspecified atom stereocenters. The van der Waals surface area contributed by atoms with Gasteiger partial charge in [0.15, 0.2) is 0 Å². The van der Waals surface area contributed by atoms with Gasteiger partial charge in [0, 0.05) is 25.4 Å². The van der Waals surface area contributed by atoms with E-state index < -0.39 is 0 Å². The van der Waals surface area contributed by atoms with E-state index in [0.29, 0.717) is 6.54 Å². The van der Waals surface area contributed by atoms with Crippen molar-refractivity contribution in [1.29, 1.82) is 0 Å². The van der Waals surface area contributed by atoms with E-state index in [-0.39, 0.29) is 5.56 Å². The first kappa shape index (κ1) is 12.6. The maximum atomic E-state index is 11.8. The Morgan fingerprint density at radius 2 is 1.72 bits per heavy atom. The summed E-state index contributed by atoms with van der Waals surface area (Å²) in [5.41, 5.74) is 2.27. The van der Waals surface area contributed by atoms with Gasteiger partial charge in [-0.05, 0) is 31.3 Å². The molecule has 0 N–H and O–H groups in total. The topological polar surface area (TPSA) is 25.2 Å². The predicted octanol–water partition coefficient (Wildman–Crippen LogP) is 2.08. The molecule has 0 aliphatic heterocycles. The summed E-state index contributed by atoms with van der Waals surface area (Å²) in [5.74, 6) is 0. The molecule has 0 spiro atoms. The third kappa shape index (κ3) is 3.08. The summed E-state index contributed by atoms with van der Waals surface area (Å²) in [6.45, 7) is 1.57. The fraction of sp³-hybridized carbons (Fsp3) is 0.267. The van der Waals surface area contributed by atoms with Gasteiger partial charge in [0.25, 0.3) is 5.56 Å². The first-order valence-corrected chi connectivity index (χ1v) is 6.07. The number of rotatable bonds is 4. The number of benzene rings is 1. The minimum Gasteiger partial charge on any atom is -0.314 e. The van der Waals surface area contributed by atoms with Crippen LogP contribution < -0.4 is 5.56 Å². The lowest BCUT2D eigenvalue weighted by Crippen LogP contribution is -2.25. The van der Waals surface area contributed by atoms with Gasteiger partial charge >= 0.3 is 0 Å². The molecule has 0 saturated heterocycles. The van der Waals surface area contributed by atoms with Crippen molar-refractivity contribution in [3.05, 3.63) is 59.0 Å². The first-order chi connectivity index (χ1) is 8.66. The van der Waals surface area contributed by atoms with E-state index in [2.05, 4.69) is 17.0 Å². The molecule has 0 aliphatic rings. The summed E-state index contributed by atoms with van der Waals surface area (Å²) >= 11 is 0. The third-order valence-corrected chi connectivity index (χ3v) is 2.88. The van der Waals surface area contributed by atoms with Crippen molar-refractivity contribution in [2.45, 2.75) is 6.54 Å². The minimum absolute atomic E-state index is 0.0523. The van der Waals surface area contributed by atoms with Crippen molar-refractivity contribution in [1.82, 2.24) is 9.47 Å². The molecule has 2 rings (SSSR count). The standard InChI is InChI=1S/C15H18N2O/c1-16(2)10-11-17-12-14(8-9-15(17)18)13-6-4-3-5-7-13/h3-9,12H,10-11H2,1-2H3. The first-order valence-electron chi connectivity index (χ1n) is 6.07. The van der Waals surface area contributed by atoms with Crippen LogP contribution in [0, 0.1) is 0 Å². The molecule has 0 saturated carbocycles. The van der Waals surface area contributed by atoms with Crippen LogP contribution in [-0.4, -0.2) is 30.1 Å². The molecule has 94 valence electrons. The molecule has 1 aromatic heterocycles. The lowest BCUT2D eigenvalue weighted by molar-refractivity contribution is 0.381. The van der Waals surface area contributed by atoms with E-state index in [4.69, 9.17) is 0 Å². The highest BCUT2D eigenvalue weighted by Crippen LogP contribution is 2.16. The summed E-state index contributed by atoms with van der Waals surface area (Å²) in [6.07, 6.45) is 1.93. The molecule has 1 heterocycles. The molecule has 0 amide bonds.